The van der Waals surface area contributed by atoms with Gasteiger partial charge in [-0.3, -0.25) is 0 Å². The van der Waals surface area contributed by atoms with Crippen LogP contribution in [0.15, 0.2) is 0 Å². The molecular formula is C2H7N2Si+. The van der Waals surface area contributed by atoms with E-state index in [1.165, 1.54) is 0 Å². The van der Waals surface area contributed by atoms with E-state index in [0.717, 1.165) is 6.04 Å². The third-order valence-corrected chi connectivity index (χ3v) is 0.971. The molecule has 0 rings (SSSR count). The lowest BCUT2D eigenvalue weighted by molar-refractivity contribution is 1.43. The molecule has 3 heteroatoms. The molecule has 0 radical (unpaired) electrons. The predicted molar refractivity (Wildman–Crippen MR) is 24.1 cm³/mol. The molecule has 2 nitrogen and oxygen atoms in total. The van der Waals surface area contributed by atoms with E-state index in [-0.39, 0.29) is 9.68 Å². The van der Waals surface area contributed by atoms with Gasteiger partial charge in [0.15, 0.2) is 5.39 Å². The Bertz CT molecular complexity index is 46.1. The summed E-state index contributed by atoms with van der Waals surface area (Å²) in [5, 5.41) is 7.75. The lowest BCUT2D eigenvalue weighted by Gasteiger charge is -1.49. The van der Waals surface area contributed by atoms with E-state index in [1.807, 2.05) is 6.92 Å². The van der Waals surface area contributed by atoms with Crippen molar-refractivity contribution in [3.8, 4) is 0 Å². The summed E-state index contributed by atoms with van der Waals surface area (Å²) >= 11 is 0. The van der Waals surface area contributed by atoms with Crippen LogP contribution < -0.4 is 0 Å². The SMILES string of the molecule is CC[SiH2][N+]#N. The fourth-order valence-electron chi connectivity index (χ4n) is 0.1000. The fraction of sp³-hybridized carbons (Fsp3) is 1.00. The summed E-state index contributed by atoms with van der Waals surface area (Å²) in [7, 11) is -0.387. The van der Waals surface area contributed by atoms with Crippen LogP contribution in [0.3, 0.4) is 0 Å². The number of hydrogen-bond acceptors (Lipinski definition) is 1. The predicted octanol–water partition coefficient (Wildman–Crippen LogP) is 0.361. The largest absolute Gasteiger partial charge is 0.538 e. The molecule has 0 aliphatic rings. The molecular weight excluding hydrogens is 80.1 g/mol. The highest BCUT2D eigenvalue weighted by molar-refractivity contribution is 6.38. The van der Waals surface area contributed by atoms with E-state index in [1.54, 1.807) is 0 Å². The molecule has 0 spiro atoms. The van der Waals surface area contributed by atoms with Gasteiger partial charge in [-0.15, -0.1) is 0 Å². The topological polar surface area (TPSA) is 28.1 Å². The standard InChI is InChI=1S/C2H7N2Si/c1-2-5-4-3/h2,5H2,1H3/q+1. The molecule has 0 aromatic rings. The Hall–Kier alpha value is -0.363. The minimum Gasteiger partial charge on any atom is -0.0612 e. The summed E-state index contributed by atoms with van der Waals surface area (Å²) < 4.78 is 2.99. The molecule has 0 aliphatic heterocycles. The Labute approximate surface area is 33.7 Å². The zero-order valence-electron chi connectivity index (χ0n) is 3.31. The van der Waals surface area contributed by atoms with Crippen LogP contribution in [0.2, 0.25) is 6.04 Å². The Kier molecular flexibility index (Phi) is 3.37. The van der Waals surface area contributed by atoms with Gasteiger partial charge in [-0.2, -0.15) is 0 Å². The Morgan fingerprint density at radius 2 is 2.60 bits per heavy atom. The molecule has 5 heavy (non-hydrogen) atoms. The number of rotatable bonds is 1. The molecule has 0 amide bonds. The van der Waals surface area contributed by atoms with Crippen LogP contribution in [0.4, 0.5) is 0 Å². The summed E-state index contributed by atoms with van der Waals surface area (Å²) in [5.41, 5.74) is 0. The van der Waals surface area contributed by atoms with Crippen molar-refractivity contribution in [1.82, 2.24) is 0 Å². The van der Waals surface area contributed by atoms with Crippen molar-refractivity contribution in [3.05, 3.63) is 4.64 Å². The van der Waals surface area contributed by atoms with Crippen LogP contribution >= 0.6 is 0 Å². The first kappa shape index (κ1) is 4.64. The van der Waals surface area contributed by atoms with Crippen molar-refractivity contribution < 1.29 is 0 Å². The Balaban J connectivity index is 2.48. The Morgan fingerprint density at radius 1 is 2.00 bits per heavy atom. The van der Waals surface area contributed by atoms with Crippen LogP contribution in [0.1, 0.15) is 6.92 Å². The first-order chi connectivity index (χ1) is 2.41. The van der Waals surface area contributed by atoms with Gasteiger partial charge in [0.05, 0.1) is 0 Å². The van der Waals surface area contributed by atoms with Crippen molar-refractivity contribution in [2.45, 2.75) is 13.0 Å². The molecule has 0 N–H and O–H groups in total. The zero-order valence-corrected chi connectivity index (χ0v) is 4.72. The van der Waals surface area contributed by atoms with Gasteiger partial charge in [-0.25, -0.2) is 0 Å². The summed E-state index contributed by atoms with van der Waals surface area (Å²) in [6, 6.07) is 1.07. The van der Waals surface area contributed by atoms with E-state index in [4.69, 9.17) is 5.39 Å². The molecule has 0 bridgehead atoms. The highest BCUT2D eigenvalue weighted by Gasteiger charge is 1.87. The highest BCUT2D eigenvalue weighted by Crippen LogP contribution is 1.68. The second-order valence-electron chi connectivity index (χ2n) is 0.865. The van der Waals surface area contributed by atoms with Crippen molar-refractivity contribution in [2.24, 2.45) is 0 Å². The normalized spacial score (nSPS) is 8.80. The van der Waals surface area contributed by atoms with E-state index >= 15 is 0 Å². The van der Waals surface area contributed by atoms with Crippen molar-refractivity contribution in [3.63, 3.8) is 0 Å². The molecule has 0 aliphatic carbocycles. The molecule has 28 valence electrons. The van der Waals surface area contributed by atoms with Gasteiger partial charge in [0.25, 0.3) is 0 Å². The van der Waals surface area contributed by atoms with Crippen LogP contribution in [0.25, 0.3) is 4.64 Å². The number of diazo groups is 1. The number of hydrogen-bond donors (Lipinski definition) is 0. The lowest BCUT2D eigenvalue weighted by Crippen LogP contribution is -1.68. The summed E-state index contributed by atoms with van der Waals surface area (Å²) in [5.74, 6) is 0. The van der Waals surface area contributed by atoms with Gasteiger partial charge in [-0.1, -0.05) is 6.92 Å². The summed E-state index contributed by atoms with van der Waals surface area (Å²) in [6.07, 6.45) is 0. The molecule has 0 atom stereocenters. The maximum Gasteiger partial charge on any atom is 0.538 e. The monoisotopic (exact) mass is 87.0 g/mol. The van der Waals surface area contributed by atoms with Gasteiger partial charge in [-0.05, 0) is 4.64 Å². The molecule has 0 unspecified atom stereocenters. The third kappa shape index (κ3) is 3.64. The van der Waals surface area contributed by atoms with Crippen LogP contribution in [0, 0.1) is 5.39 Å². The van der Waals surface area contributed by atoms with Crippen LogP contribution in [-0.2, 0) is 0 Å². The van der Waals surface area contributed by atoms with Gasteiger partial charge in [0.2, 0.25) is 0 Å². The van der Waals surface area contributed by atoms with Gasteiger partial charge >= 0.3 is 9.68 Å². The quantitative estimate of drug-likeness (QED) is 0.335. The molecule has 0 fully saturated rings. The first-order valence-corrected chi connectivity index (χ1v) is 3.36. The zero-order chi connectivity index (χ0) is 4.12. The fourth-order valence-corrected chi connectivity index (χ4v) is 0.300. The average Bonchev–Trinajstić information content (AvgIpc) is 1.41. The second-order valence-corrected chi connectivity index (χ2v) is 2.60. The van der Waals surface area contributed by atoms with Gasteiger partial charge in [0, 0.05) is 6.04 Å². The number of nitrogens with zero attached hydrogens (tertiary/aromatic N) is 2. The van der Waals surface area contributed by atoms with Crippen molar-refractivity contribution in [1.29, 1.82) is 5.39 Å². The Morgan fingerprint density at radius 3 is 2.60 bits per heavy atom. The average molecular weight is 87.2 g/mol. The van der Waals surface area contributed by atoms with E-state index < -0.39 is 0 Å². The van der Waals surface area contributed by atoms with E-state index in [0.29, 0.717) is 0 Å². The van der Waals surface area contributed by atoms with Crippen LogP contribution in [0.5, 0.6) is 0 Å². The van der Waals surface area contributed by atoms with Gasteiger partial charge in [0.1, 0.15) is 0 Å². The third-order valence-electron chi connectivity index (χ3n) is 0.324. The molecule has 0 aromatic carbocycles. The molecule has 0 aromatic heterocycles. The molecule has 0 saturated carbocycles. The summed E-state index contributed by atoms with van der Waals surface area (Å²) in [4.78, 5) is 0. The summed E-state index contributed by atoms with van der Waals surface area (Å²) in [6.45, 7) is 2.02. The van der Waals surface area contributed by atoms with Crippen LogP contribution in [-0.4, -0.2) is 9.68 Å². The second kappa shape index (κ2) is 3.64. The minimum atomic E-state index is -0.387. The smallest absolute Gasteiger partial charge is 0.0612 e. The van der Waals surface area contributed by atoms with Crippen molar-refractivity contribution in [2.75, 3.05) is 0 Å². The molecule has 0 heterocycles. The van der Waals surface area contributed by atoms with E-state index in [9.17, 15) is 0 Å². The van der Waals surface area contributed by atoms with Crippen molar-refractivity contribution >= 4 is 9.68 Å². The van der Waals surface area contributed by atoms with Gasteiger partial charge < -0.3 is 0 Å². The lowest BCUT2D eigenvalue weighted by atomic mass is 11.0. The highest BCUT2D eigenvalue weighted by atomic mass is 28.2. The van der Waals surface area contributed by atoms with E-state index in [2.05, 4.69) is 4.64 Å². The maximum absolute atomic E-state index is 7.75. The molecule has 0 saturated heterocycles. The maximum atomic E-state index is 7.75. The minimum absolute atomic E-state index is 0.387. The first-order valence-electron chi connectivity index (χ1n) is 1.72.